The van der Waals surface area contributed by atoms with Crippen LogP contribution in [0.15, 0.2) is 47.4 Å². The van der Waals surface area contributed by atoms with E-state index >= 15 is 4.39 Å². The van der Waals surface area contributed by atoms with Gasteiger partial charge in [0.2, 0.25) is 11.7 Å². The van der Waals surface area contributed by atoms with Crippen LogP contribution in [-0.2, 0) is 39.2 Å². The highest BCUT2D eigenvalue weighted by molar-refractivity contribution is 6.33. The number of aromatic hydroxyl groups is 1. The Hall–Kier alpha value is -4.87. The molecule has 0 radical (unpaired) electrons. The SMILES string of the molecule is O=C(Cn1c2c(c(=O)n3nc(C4=CCOCC4)nc13)[C@]1(CCN(C(=O)c3ncccc3O)CC1F)OC2)Nc1ccc(C(F)(F)F)cc1Cl. The van der Waals surface area contributed by atoms with Crippen LogP contribution < -0.4 is 10.9 Å². The molecule has 1 fully saturated rings. The maximum Gasteiger partial charge on any atom is 0.416 e. The van der Waals surface area contributed by atoms with Crippen LogP contribution in [0.1, 0.15) is 46.0 Å². The maximum absolute atomic E-state index is 16.4. The number of carbonyl (C=O) groups excluding carboxylic acids is 2. The van der Waals surface area contributed by atoms with Crippen LogP contribution in [0, 0.1) is 0 Å². The molecule has 6 heterocycles. The third-order valence-electron chi connectivity index (χ3n) is 8.78. The number of likely N-dealkylation sites (tertiary alicyclic amines) is 1. The van der Waals surface area contributed by atoms with E-state index in [2.05, 4.69) is 20.4 Å². The van der Waals surface area contributed by atoms with Crippen molar-refractivity contribution in [2.24, 2.45) is 0 Å². The van der Waals surface area contributed by atoms with Gasteiger partial charge in [-0.3, -0.25) is 14.4 Å². The highest BCUT2D eigenvalue weighted by Gasteiger charge is 2.54. The molecule has 3 aromatic heterocycles. The standard InChI is InChI=1S/C31H26ClF4N7O6/c32-18-12-17(31(34,35)36)3-4-19(18)38-23(45)14-42-20-15-49-30(7-9-41(13-22(30)33)28(47)25-21(44)2-1-8-37-25)24(20)27(46)43-29(42)39-26(40-43)16-5-10-48-11-6-16/h1-5,8,12,22,44H,6-7,9-11,13-15H2,(H,38,45)/t22?,30-/m1/s1. The zero-order chi connectivity index (χ0) is 34.7. The summed E-state index contributed by atoms with van der Waals surface area (Å²) in [5, 5.41) is 16.7. The Morgan fingerprint density at radius 3 is 2.73 bits per heavy atom. The lowest BCUT2D eigenvalue weighted by Crippen LogP contribution is -2.55. The number of carbonyl (C=O) groups is 2. The number of rotatable bonds is 5. The quantitative estimate of drug-likeness (QED) is 0.296. The predicted octanol–water partition coefficient (Wildman–Crippen LogP) is 3.72. The van der Waals surface area contributed by atoms with Crippen molar-refractivity contribution in [3.8, 4) is 5.75 Å². The minimum Gasteiger partial charge on any atom is -0.505 e. The number of alkyl halides is 4. The fourth-order valence-electron chi connectivity index (χ4n) is 6.33. The number of nitrogens with one attached hydrogen (secondary N) is 1. The molecule has 3 aliphatic rings. The average Bonchev–Trinajstić information content (AvgIpc) is 3.69. The smallest absolute Gasteiger partial charge is 0.416 e. The van der Waals surface area contributed by atoms with Crippen LogP contribution in [0.5, 0.6) is 5.75 Å². The number of pyridine rings is 1. The second kappa shape index (κ2) is 12.2. The van der Waals surface area contributed by atoms with E-state index in [1.54, 1.807) is 6.08 Å². The van der Waals surface area contributed by atoms with Crippen LogP contribution in [0.2, 0.25) is 5.02 Å². The summed E-state index contributed by atoms with van der Waals surface area (Å²) in [5.74, 6) is -1.66. The number of anilines is 1. The second-order valence-electron chi connectivity index (χ2n) is 11.7. The Morgan fingerprint density at radius 1 is 1.22 bits per heavy atom. The normalized spacial score (nSPS) is 20.8. The molecule has 1 unspecified atom stereocenters. The van der Waals surface area contributed by atoms with E-state index in [1.807, 2.05) is 0 Å². The van der Waals surface area contributed by atoms with Gasteiger partial charge in [-0.1, -0.05) is 17.7 Å². The van der Waals surface area contributed by atoms with E-state index in [0.717, 1.165) is 16.6 Å². The van der Waals surface area contributed by atoms with Gasteiger partial charge in [0.1, 0.15) is 17.9 Å². The number of halogens is 5. The average molecular weight is 704 g/mol. The van der Waals surface area contributed by atoms with Gasteiger partial charge in [0.05, 0.1) is 53.9 Å². The Bertz CT molecular complexity index is 2100. The minimum atomic E-state index is -4.65. The Labute approximate surface area is 278 Å². The molecule has 1 aromatic carbocycles. The number of nitrogens with zero attached hydrogens (tertiary/aromatic N) is 6. The topological polar surface area (TPSA) is 153 Å². The number of hydrogen-bond donors (Lipinski definition) is 2. The van der Waals surface area contributed by atoms with Crippen molar-refractivity contribution in [1.29, 1.82) is 0 Å². The van der Waals surface area contributed by atoms with Gasteiger partial charge in [0.15, 0.2) is 17.7 Å². The molecule has 0 bridgehead atoms. The van der Waals surface area contributed by atoms with Crippen molar-refractivity contribution < 1.29 is 41.7 Å². The van der Waals surface area contributed by atoms with Crippen molar-refractivity contribution in [2.75, 3.05) is 31.6 Å². The van der Waals surface area contributed by atoms with Crippen molar-refractivity contribution in [2.45, 2.75) is 43.9 Å². The van der Waals surface area contributed by atoms with Crippen molar-refractivity contribution in [3.05, 3.63) is 86.3 Å². The second-order valence-corrected chi connectivity index (χ2v) is 12.1. The lowest BCUT2D eigenvalue weighted by atomic mass is 9.83. The predicted molar refractivity (Wildman–Crippen MR) is 164 cm³/mol. The van der Waals surface area contributed by atoms with E-state index in [9.17, 15) is 32.7 Å². The lowest BCUT2D eigenvalue weighted by Gasteiger charge is -2.41. The largest absolute Gasteiger partial charge is 0.505 e. The molecular formula is C31H26ClF4N7O6. The highest BCUT2D eigenvalue weighted by Crippen LogP contribution is 2.45. The molecule has 0 aliphatic carbocycles. The third kappa shape index (κ3) is 5.70. The van der Waals surface area contributed by atoms with Gasteiger partial charge < -0.3 is 29.4 Å². The Morgan fingerprint density at radius 2 is 2.04 bits per heavy atom. The van der Waals surface area contributed by atoms with Crippen LogP contribution in [-0.4, -0.2) is 78.4 Å². The highest BCUT2D eigenvalue weighted by atomic mass is 35.5. The number of hydrogen-bond acceptors (Lipinski definition) is 9. The zero-order valence-corrected chi connectivity index (χ0v) is 26.1. The molecule has 49 heavy (non-hydrogen) atoms. The van der Waals surface area contributed by atoms with Crippen LogP contribution >= 0.6 is 11.6 Å². The van der Waals surface area contributed by atoms with E-state index in [-0.39, 0.29) is 64.6 Å². The number of piperidine rings is 1. The summed E-state index contributed by atoms with van der Waals surface area (Å²) in [6.07, 6.45) is -3.19. The number of fused-ring (bicyclic) bond motifs is 3. The summed E-state index contributed by atoms with van der Waals surface area (Å²) in [6.45, 7) is -0.686. The Balaban J connectivity index is 1.26. The number of benzene rings is 1. The zero-order valence-electron chi connectivity index (χ0n) is 25.3. The van der Waals surface area contributed by atoms with E-state index in [4.69, 9.17) is 21.1 Å². The molecular weight excluding hydrogens is 678 g/mol. The van der Waals surface area contributed by atoms with Gasteiger partial charge in [0, 0.05) is 19.2 Å². The van der Waals surface area contributed by atoms with Gasteiger partial charge in [-0.05, 0) is 42.3 Å². The van der Waals surface area contributed by atoms with Gasteiger partial charge in [-0.25, -0.2) is 9.37 Å². The molecule has 1 spiro atoms. The number of ether oxygens (including phenoxy) is 2. The fourth-order valence-corrected chi connectivity index (χ4v) is 6.56. The van der Waals surface area contributed by atoms with E-state index in [1.165, 1.54) is 27.8 Å². The molecule has 2 N–H and O–H groups in total. The van der Waals surface area contributed by atoms with Gasteiger partial charge >= 0.3 is 6.18 Å². The molecule has 7 rings (SSSR count). The fraction of sp³-hybridized carbons (Fsp3) is 0.355. The van der Waals surface area contributed by atoms with Crippen molar-refractivity contribution in [3.63, 3.8) is 0 Å². The Kier molecular flexibility index (Phi) is 8.15. The van der Waals surface area contributed by atoms with E-state index < -0.39 is 54.0 Å². The summed E-state index contributed by atoms with van der Waals surface area (Å²) < 4.78 is 69.6. The minimum absolute atomic E-state index is 0.0471. The maximum atomic E-state index is 16.4. The summed E-state index contributed by atoms with van der Waals surface area (Å²) in [6, 6.07) is 5.20. The first kappa shape index (κ1) is 32.7. The van der Waals surface area contributed by atoms with Gasteiger partial charge in [-0.2, -0.15) is 22.7 Å². The van der Waals surface area contributed by atoms with Crippen molar-refractivity contribution >= 4 is 40.5 Å². The summed E-state index contributed by atoms with van der Waals surface area (Å²) in [4.78, 5) is 50.3. The van der Waals surface area contributed by atoms with Crippen LogP contribution in [0.4, 0.5) is 23.2 Å². The monoisotopic (exact) mass is 703 g/mol. The molecule has 1 saturated heterocycles. The first-order valence-corrected chi connectivity index (χ1v) is 15.4. The molecule has 256 valence electrons. The molecule has 2 amide bonds. The molecule has 0 saturated carbocycles. The first-order valence-electron chi connectivity index (χ1n) is 15.1. The molecule has 3 aliphatic heterocycles. The third-order valence-corrected chi connectivity index (χ3v) is 9.09. The number of amides is 2. The number of aromatic nitrogens is 5. The summed E-state index contributed by atoms with van der Waals surface area (Å²) >= 11 is 6.06. The van der Waals surface area contributed by atoms with Crippen LogP contribution in [0.3, 0.4) is 0 Å². The molecule has 13 nitrogen and oxygen atoms in total. The molecule has 18 heteroatoms. The van der Waals surface area contributed by atoms with Gasteiger partial charge in [0.25, 0.3) is 11.5 Å². The first-order chi connectivity index (χ1) is 23.4. The summed E-state index contributed by atoms with van der Waals surface area (Å²) in [5.41, 5.74) is -3.13. The van der Waals surface area contributed by atoms with Crippen LogP contribution in [0.25, 0.3) is 11.4 Å². The molecule has 2 atom stereocenters. The van der Waals surface area contributed by atoms with E-state index in [0.29, 0.717) is 31.3 Å². The van der Waals surface area contributed by atoms with Crippen molar-refractivity contribution in [1.82, 2.24) is 29.0 Å². The van der Waals surface area contributed by atoms with Gasteiger partial charge in [-0.15, -0.1) is 5.10 Å². The summed E-state index contributed by atoms with van der Waals surface area (Å²) in [7, 11) is 0. The molecule has 4 aromatic rings. The lowest BCUT2D eigenvalue weighted by molar-refractivity contribution is -0.137.